The van der Waals surface area contributed by atoms with Crippen molar-refractivity contribution in [2.45, 2.75) is 65.2 Å². The minimum atomic E-state index is -1.51. The van der Waals surface area contributed by atoms with Gasteiger partial charge in [-0.15, -0.1) is 10.2 Å². The predicted molar refractivity (Wildman–Crippen MR) is 126 cm³/mol. The number of unbranched alkanes of at least 4 members (excludes halogenated alkanes) is 1. The third-order valence-corrected chi connectivity index (χ3v) is 5.17. The average Bonchev–Trinajstić information content (AvgIpc) is 3.52. The van der Waals surface area contributed by atoms with Crippen molar-refractivity contribution in [2.75, 3.05) is 5.32 Å². The number of aliphatic hydroxyl groups excluding tert-OH is 1. The molecule has 3 heterocycles. The van der Waals surface area contributed by atoms with Crippen LogP contribution in [0.3, 0.4) is 0 Å². The molecular formula is C23H31N7O5. The van der Waals surface area contributed by atoms with Crippen LogP contribution in [0.1, 0.15) is 59.0 Å². The summed E-state index contributed by atoms with van der Waals surface area (Å²) >= 11 is 0. The number of hydrogen-bond acceptors (Lipinski definition) is 9. The van der Waals surface area contributed by atoms with Crippen molar-refractivity contribution in [3.63, 3.8) is 0 Å². The maximum Gasteiger partial charge on any atom is 0.408 e. The summed E-state index contributed by atoms with van der Waals surface area (Å²) in [5.74, 6) is 0.0211. The first-order chi connectivity index (χ1) is 16.7. The summed E-state index contributed by atoms with van der Waals surface area (Å²) in [7, 11) is 0. The number of alkyl carbamates (subject to hydrolysis) is 1. The molecule has 0 saturated heterocycles. The highest BCUT2D eigenvalue weighted by Crippen LogP contribution is 2.36. The van der Waals surface area contributed by atoms with E-state index in [0.29, 0.717) is 24.2 Å². The molecule has 0 aliphatic heterocycles. The molecule has 3 rings (SSSR count). The first-order valence-corrected chi connectivity index (χ1v) is 11.4. The molecule has 3 aromatic rings. The van der Waals surface area contributed by atoms with Crippen LogP contribution < -0.4 is 10.6 Å². The lowest BCUT2D eigenvalue weighted by atomic mass is 9.89. The molecule has 35 heavy (non-hydrogen) atoms. The Morgan fingerprint density at radius 2 is 2.03 bits per heavy atom. The number of H-pyrrole nitrogens is 1. The number of hydrogen-bond donors (Lipinski definition) is 4. The van der Waals surface area contributed by atoms with Crippen LogP contribution in [-0.4, -0.2) is 54.6 Å². The first-order valence-electron chi connectivity index (χ1n) is 11.4. The summed E-state index contributed by atoms with van der Waals surface area (Å²) < 4.78 is 11.5. The lowest BCUT2D eigenvalue weighted by Gasteiger charge is -2.29. The van der Waals surface area contributed by atoms with E-state index in [0.717, 1.165) is 6.42 Å². The third-order valence-electron chi connectivity index (χ3n) is 5.17. The molecule has 0 bridgehead atoms. The number of rotatable bonds is 10. The zero-order valence-corrected chi connectivity index (χ0v) is 20.2. The number of nitrogens with one attached hydrogen (secondary N) is 3. The molecule has 12 nitrogen and oxygen atoms in total. The molecule has 0 radical (unpaired) electrons. The molecule has 0 aliphatic carbocycles. The fourth-order valence-corrected chi connectivity index (χ4v) is 3.28. The van der Waals surface area contributed by atoms with Gasteiger partial charge in [-0.2, -0.15) is 5.10 Å². The number of nitrogens with zero attached hydrogens (tertiary/aromatic N) is 4. The predicted octanol–water partition coefficient (Wildman–Crippen LogP) is 3.23. The summed E-state index contributed by atoms with van der Waals surface area (Å²) in [6.45, 7) is 7.55. The summed E-state index contributed by atoms with van der Waals surface area (Å²) in [4.78, 5) is 29.4. The van der Waals surface area contributed by atoms with E-state index in [9.17, 15) is 14.7 Å². The SMILES string of the molecule is CCCC[C@H](NC(=O)O[C@H](c1nnc(-c2cccnc2)o1)C(C)(C)C)[C@H](O)C(=O)Nc1ccn[nH]1. The second-order valence-electron chi connectivity index (χ2n) is 9.14. The van der Waals surface area contributed by atoms with E-state index in [1.54, 1.807) is 30.6 Å². The molecule has 12 heteroatoms. The first kappa shape index (κ1) is 25.8. The second kappa shape index (κ2) is 11.6. The Hall–Kier alpha value is -3.80. The molecule has 0 saturated carbocycles. The van der Waals surface area contributed by atoms with Gasteiger partial charge in [0, 0.05) is 23.9 Å². The van der Waals surface area contributed by atoms with Crippen molar-refractivity contribution in [2.24, 2.45) is 5.41 Å². The third kappa shape index (κ3) is 7.09. The Bertz CT molecular complexity index is 1080. The number of aliphatic hydroxyl groups is 1. The molecule has 0 fully saturated rings. The number of aromatic amines is 1. The molecule has 3 aromatic heterocycles. The molecule has 188 valence electrons. The van der Waals surface area contributed by atoms with Crippen LogP contribution in [0.4, 0.5) is 10.6 Å². The summed E-state index contributed by atoms with van der Waals surface area (Å²) in [6.07, 6.45) is 3.34. The Morgan fingerprint density at radius 1 is 1.23 bits per heavy atom. The molecule has 0 aliphatic rings. The molecular weight excluding hydrogens is 454 g/mol. The Balaban J connectivity index is 1.72. The Kier molecular flexibility index (Phi) is 8.53. The van der Waals surface area contributed by atoms with Gasteiger partial charge in [-0.1, -0.05) is 40.5 Å². The van der Waals surface area contributed by atoms with Crippen LogP contribution in [-0.2, 0) is 9.53 Å². The number of carbonyl (C=O) groups excluding carboxylic acids is 2. The number of anilines is 1. The fourth-order valence-electron chi connectivity index (χ4n) is 3.28. The van der Waals surface area contributed by atoms with Crippen molar-refractivity contribution in [3.05, 3.63) is 42.7 Å². The summed E-state index contributed by atoms with van der Waals surface area (Å²) in [5.41, 5.74) is 0.0420. The Morgan fingerprint density at radius 3 is 2.66 bits per heavy atom. The van der Waals surface area contributed by atoms with Gasteiger partial charge in [0.1, 0.15) is 5.82 Å². The zero-order valence-electron chi connectivity index (χ0n) is 20.2. The van der Waals surface area contributed by atoms with Crippen molar-refractivity contribution in [3.8, 4) is 11.5 Å². The molecule has 0 aromatic carbocycles. The van der Waals surface area contributed by atoms with E-state index in [2.05, 4.69) is 36.0 Å². The Labute approximate surface area is 202 Å². The standard InChI is InChI=1S/C23H31N7O5/c1-5-6-9-15(17(31)19(32)27-16-10-12-25-28-16)26-22(33)34-18(23(2,3)4)21-30-29-20(35-21)14-8-7-11-24-13-14/h7-8,10-13,15,17-18,31H,5-6,9H2,1-4H3,(H,26,33)(H2,25,27,28,32)/t15-,17-,18+/m0/s1. The van der Waals surface area contributed by atoms with Crippen LogP contribution >= 0.6 is 0 Å². The van der Waals surface area contributed by atoms with Crippen molar-refractivity contribution in [1.82, 2.24) is 30.7 Å². The minimum Gasteiger partial charge on any atom is -0.436 e. The van der Waals surface area contributed by atoms with Crippen molar-refractivity contribution < 1.29 is 23.8 Å². The highest BCUT2D eigenvalue weighted by atomic mass is 16.6. The lowest BCUT2D eigenvalue weighted by Crippen LogP contribution is -2.49. The van der Waals surface area contributed by atoms with Crippen LogP contribution in [0.5, 0.6) is 0 Å². The van der Waals surface area contributed by atoms with Gasteiger partial charge in [0.2, 0.25) is 5.89 Å². The van der Waals surface area contributed by atoms with Gasteiger partial charge < -0.3 is 24.9 Å². The van der Waals surface area contributed by atoms with Crippen molar-refractivity contribution in [1.29, 1.82) is 0 Å². The van der Waals surface area contributed by atoms with E-state index in [4.69, 9.17) is 9.15 Å². The van der Waals surface area contributed by atoms with Gasteiger partial charge in [-0.25, -0.2) is 4.79 Å². The summed E-state index contributed by atoms with van der Waals surface area (Å²) in [6, 6.07) is 4.19. The van der Waals surface area contributed by atoms with Crippen LogP contribution in [0.2, 0.25) is 0 Å². The summed E-state index contributed by atoms with van der Waals surface area (Å²) in [5, 5.41) is 30.2. The van der Waals surface area contributed by atoms with Gasteiger partial charge >= 0.3 is 6.09 Å². The van der Waals surface area contributed by atoms with E-state index in [1.165, 1.54) is 6.20 Å². The van der Waals surface area contributed by atoms with E-state index < -0.39 is 35.7 Å². The maximum absolute atomic E-state index is 12.9. The quantitative estimate of drug-likeness (QED) is 0.337. The van der Waals surface area contributed by atoms with E-state index >= 15 is 0 Å². The second-order valence-corrected chi connectivity index (χ2v) is 9.14. The smallest absolute Gasteiger partial charge is 0.408 e. The zero-order chi connectivity index (χ0) is 25.4. The highest BCUT2D eigenvalue weighted by Gasteiger charge is 2.36. The van der Waals surface area contributed by atoms with E-state index in [1.807, 2.05) is 27.7 Å². The van der Waals surface area contributed by atoms with Gasteiger partial charge in [0.15, 0.2) is 12.2 Å². The number of pyridine rings is 1. The van der Waals surface area contributed by atoms with Gasteiger partial charge in [-0.05, 0) is 18.6 Å². The van der Waals surface area contributed by atoms with Gasteiger partial charge in [-0.3, -0.25) is 14.9 Å². The topological polar surface area (TPSA) is 168 Å². The normalized spacial score (nSPS) is 14.1. The number of ether oxygens (including phenoxy) is 1. The highest BCUT2D eigenvalue weighted by molar-refractivity contribution is 5.94. The monoisotopic (exact) mass is 485 g/mol. The largest absolute Gasteiger partial charge is 0.436 e. The molecule has 4 N–H and O–H groups in total. The molecule has 3 atom stereocenters. The minimum absolute atomic E-state index is 0.120. The average molecular weight is 486 g/mol. The van der Waals surface area contributed by atoms with Crippen molar-refractivity contribution >= 4 is 17.8 Å². The number of aromatic nitrogens is 5. The maximum atomic E-state index is 12.9. The van der Waals surface area contributed by atoms with Crippen LogP contribution in [0.15, 0.2) is 41.2 Å². The molecule has 0 unspecified atom stereocenters. The van der Waals surface area contributed by atoms with Crippen LogP contribution in [0, 0.1) is 5.41 Å². The van der Waals surface area contributed by atoms with Gasteiger partial charge in [0.25, 0.3) is 11.8 Å². The number of carbonyl (C=O) groups is 2. The molecule has 0 spiro atoms. The van der Waals surface area contributed by atoms with E-state index in [-0.39, 0.29) is 11.8 Å². The fraction of sp³-hybridized carbons (Fsp3) is 0.478. The van der Waals surface area contributed by atoms with Crippen LogP contribution in [0.25, 0.3) is 11.5 Å². The van der Waals surface area contributed by atoms with Gasteiger partial charge in [0.05, 0.1) is 17.8 Å². The molecule has 2 amide bonds. The lowest BCUT2D eigenvalue weighted by molar-refractivity contribution is -0.125. The number of amides is 2.